The van der Waals surface area contributed by atoms with Gasteiger partial charge in [-0.3, -0.25) is 10.1 Å². The van der Waals surface area contributed by atoms with E-state index in [9.17, 15) is 4.79 Å². The number of carbonyl (C=O) groups is 1. The number of amides is 1. The quantitative estimate of drug-likeness (QED) is 0.549. The van der Waals surface area contributed by atoms with Crippen molar-refractivity contribution in [2.24, 2.45) is 0 Å². The van der Waals surface area contributed by atoms with Gasteiger partial charge in [-0.15, -0.1) is 22.7 Å². The number of nitrogens with zero attached hydrogens (tertiary/aromatic N) is 1. The van der Waals surface area contributed by atoms with Crippen LogP contribution in [0.2, 0.25) is 4.34 Å². The molecule has 0 bridgehead atoms. The number of thiophene rings is 1. The molecule has 0 aliphatic heterocycles. The van der Waals surface area contributed by atoms with Crippen molar-refractivity contribution in [1.82, 2.24) is 4.98 Å². The van der Waals surface area contributed by atoms with E-state index in [4.69, 9.17) is 11.6 Å². The van der Waals surface area contributed by atoms with Crippen molar-refractivity contribution >= 4 is 67.9 Å². The lowest BCUT2D eigenvalue weighted by molar-refractivity contribution is 0.103. The molecule has 2 heterocycles. The predicted molar refractivity (Wildman–Crippen MR) is 97.5 cm³/mol. The Kier molecular flexibility index (Phi) is 4.58. The van der Waals surface area contributed by atoms with Gasteiger partial charge >= 0.3 is 0 Å². The van der Waals surface area contributed by atoms with Crippen LogP contribution in [0.3, 0.4) is 0 Å². The normalized spacial score (nSPS) is 10.6. The Morgan fingerprint density at radius 3 is 2.62 bits per heavy atom. The smallest absolute Gasteiger partial charge is 0.267 e. The standard InChI is InChI=1S/C14H8ClIN2OS2/c15-12-6-5-11(21-12)13(19)18-14-17-10(7-20-14)8-1-3-9(16)4-2-8/h1-7H,(H,17,18,19). The topological polar surface area (TPSA) is 42.0 Å². The molecule has 3 rings (SSSR count). The first-order valence-corrected chi connectivity index (χ1v) is 9.05. The second-order valence-corrected chi connectivity index (χ2v) is 7.92. The van der Waals surface area contributed by atoms with E-state index in [0.29, 0.717) is 14.3 Å². The Bertz CT molecular complexity index is 782. The molecule has 1 N–H and O–H groups in total. The van der Waals surface area contributed by atoms with Crippen LogP contribution in [0.4, 0.5) is 5.13 Å². The highest BCUT2D eigenvalue weighted by Gasteiger charge is 2.11. The molecule has 3 aromatic rings. The first kappa shape index (κ1) is 15.0. The van der Waals surface area contributed by atoms with Crippen LogP contribution in [-0.2, 0) is 0 Å². The Morgan fingerprint density at radius 1 is 1.19 bits per heavy atom. The zero-order valence-corrected chi connectivity index (χ0v) is 15.0. The number of halogens is 2. The molecule has 1 aromatic carbocycles. The van der Waals surface area contributed by atoms with Crippen molar-refractivity contribution in [2.45, 2.75) is 0 Å². The molecule has 0 fully saturated rings. The van der Waals surface area contributed by atoms with Crippen LogP contribution in [0, 0.1) is 3.57 Å². The molecule has 0 saturated heterocycles. The van der Waals surface area contributed by atoms with E-state index in [1.807, 2.05) is 29.6 Å². The highest BCUT2D eigenvalue weighted by atomic mass is 127. The molecule has 1 amide bonds. The van der Waals surface area contributed by atoms with E-state index in [0.717, 1.165) is 11.3 Å². The highest BCUT2D eigenvalue weighted by Crippen LogP contribution is 2.27. The van der Waals surface area contributed by atoms with Crippen molar-refractivity contribution in [3.05, 3.63) is 54.6 Å². The summed E-state index contributed by atoms with van der Waals surface area (Å²) in [5.74, 6) is -0.185. The van der Waals surface area contributed by atoms with Crippen molar-refractivity contribution in [3.8, 4) is 11.3 Å². The maximum atomic E-state index is 12.0. The first-order valence-electron chi connectivity index (χ1n) is 5.90. The molecule has 0 aliphatic carbocycles. The number of anilines is 1. The summed E-state index contributed by atoms with van der Waals surface area (Å²) in [6.07, 6.45) is 0. The fraction of sp³-hybridized carbons (Fsp3) is 0. The second-order valence-electron chi connectivity index (χ2n) is 4.10. The Balaban J connectivity index is 1.76. The summed E-state index contributed by atoms with van der Waals surface area (Å²) in [5.41, 5.74) is 1.89. The summed E-state index contributed by atoms with van der Waals surface area (Å²) in [5, 5.41) is 5.30. The second kappa shape index (κ2) is 6.43. The molecular formula is C14H8ClIN2OS2. The average Bonchev–Trinajstić information content (AvgIpc) is 3.09. The number of nitrogens with one attached hydrogen (secondary N) is 1. The van der Waals surface area contributed by atoms with E-state index in [2.05, 4.69) is 32.9 Å². The number of carbonyl (C=O) groups excluding carboxylic acids is 1. The summed E-state index contributed by atoms with van der Waals surface area (Å²) in [6, 6.07) is 11.5. The number of hydrogen-bond acceptors (Lipinski definition) is 4. The highest BCUT2D eigenvalue weighted by molar-refractivity contribution is 14.1. The minimum absolute atomic E-state index is 0.185. The molecule has 21 heavy (non-hydrogen) atoms. The summed E-state index contributed by atoms with van der Waals surface area (Å²) < 4.78 is 1.77. The van der Waals surface area contributed by atoms with E-state index in [1.165, 1.54) is 26.2 Å². The zero-order valence-electron chi connectivity index (χ0n) is 10.5. The first-order chi connectivity index (χ1) is 10.1. The van der Waals surface area contributed by atoms with Gasteiger partial charge < -0.3 is 0 Å². The lowest BCUT2D eigenvalue weighted by Gasteiger charge is -1.98. The van der Waals surface area contributed by atoms with Crippen LogP contribution in [-0.4, -0.2) is 10.9 Å². The summed E-state index contributed by atoms with van der Waals surface area (Å²) >= 11 is 10.7. The van der Waals surface area contributed by atoms with E-state index < -0.39 is 0 Å². The third-order valence-corrected chi connectivity index (χ3v) is 5.37. The van der Waals surface area contributed by atoms with Crippen LogP contribution in [0.5, 0.6) is 0 Å². The number of rotatable bonds is 3. The van der Waals surface area contributed by atoms with Crippen molar-refractivity contribution in [2.75, 3.05) is 5.32 Å². The third-order valence-electron chi connectivity index (χ3n) is 2.66. The summed E-state index contributed by atoms with van der Waals surface area (Å²) in [7, 11) is 0. The van der Waals surface area contributed by atoms with Gasteiger partial charge in [-0.2, -0.15) is 0 Å². The molecule has 0 spiro atoms. The van der Waals surface area contributed by atoms with Gasteiger partial charge in [-0.25, -0.2) is 4.98 Å². The fourth-order valence-electron chi connectivity index (χ4n) is 1.68. The Morgan fingerprint density at radius 2 is 1.95 bits per heavy atom. The largest absolute Gasteiger partial charge is 0.297 e. The van der Waals surface area contributed by atoms with Crippen LogP contribution in [0.25, 0.3) is 11.3 Å². The monoisotopic (exact) mass is 446 g/mol. The van der Waals surface area contributed by atoms with Gasteiger partial charge in [0, 0.05) is 14.5 Å². The molecular weight excluding hydrogens is 439 g/mol. The van der Waals surface area contributed by atoms with Gasteiger partial charge in [-0.1, -0.05) is 23.7 Å². The summed E-state index contributed by atoms with van der Waals surface area (Å²) in [4.78, 5) is 17.0. The molecule has 0 radical (unpaired) electrons. The molecule has 0 unspecified atom stereocenters. The van der Waals surface area contributed by atoms with E-state index in [-0.39, 0.29) is 5.91 Å². The van der Waals surface area contributed by atoms with Crippen molar-refractivity contribution < 1.29 is 4.79 Å². The van der Waals surface area contributed by atoms with Gasteiger partial charge in [0.2, 0.25) is 0 Å². The molecule has 106 valence electrons. The van der Waals surface area contributed by atoms with Crippen LogP contribution in [0.15, 0.2) is 41.8 Å². The minimum Gasteiger partial charge on any atom is -0.297 e. The minimum atomic E-state index is -0.185. The van der Waals surface area contributed by atoms with Gasteiger partial charge in [0.05, 0.1) is 14.9 Å². The number of hydrogen-bond donors (Lipinski definition) is 1. The summed E-state index contributed by atoms with van der Waals surface area (Å²) in [6.45, 7) is 0. The van der Waals surface area contributed by atoms with Crippen LogP contribution >= 0.6 is 56.9 Å². The number of thiazole rings is 1. The van der Waals surface area contributed by atoms with E-state index >= 15 is 0 Å². The van der Waals surface area contributed by atoms with Gasteiger partial charge in [0.1, 0.15) is 0 Å². The Hall–Kier alpha value is -0.960. The molecule has 0 aliphatic rings. The van der Waals surface area contributed by atoms with Crippen LogP contribution < -0.4 is 5.32 Å². The Labute approximate surface area is 148 Å². The molecule has 0 saturated carbocycles. The molecule has 2 aromatic heterocycles. The maximum Gasteiger partial charge on any atom is 0.267 e. The molecule has 3 nitrogen and oxygen atoms in total. The van der Waals surface area contributed by atoms with Crippen LogP contribution in [0.1, 0.15) is 9.67 Å². The molecule has 7 heteroatoms. The third kappa shape index (κ3) is 3.63. The average molecular weight is 447 g/mol. The van der Waals surface area contributed by atoms with Gasteiger partial charge in [0.15, 0.2) is 5.13 Å². The lowest BCUT2D eigenvalue weighted by atomic mass is 10.2. The number of benzene rings is 1. The maximum absolute atomic E-state index is 12.0. The SMILES string of the molecule is O=C(Nc1nc(-c2ccc(I)cc2)cs1)c1ccc(Cl)s1. The van der Waals surface area contributed by atoms with E-state index in [1.54, 1.807) is 12.1 Å². The zero-order chi connectivity index (χ0) is 14.8. The van der Waals surface area contributed by atoms with Crippen molar-refractivity contribution in [3.63, 3.8) is 0 Å². The predicted octanol–water partition coefficient (Wildman–Crippen LogP) is 5.38. The lowest BCUT2D eigenvalue weighted by Crippen LogP contribution is -2.09. The van der Waals surface area contributed by atoms with Crippen molar-refractivity contribution in [1.29, 1.82) is 0 Å². The van der Waals surface area contributed by atoms with Gasteiger partial charge in [0.25, 0.3) is 5.91 Å². The molecule has 0 atom stereocenters. The fourth-order valence-corrected chi connectivity index (χ4v) is 3.69. The number of aromatic nitrogens is 1. The van der Waals surface area contributed by atoms with Gasteiger partial charge in [-0.05, 0) is 46.9 Å².